The van der Waals surface area contributed by atoms with Gasteiger partial charge in [0.2, 0.25) is 0 Å². The van der Waals surface area contributed by atoms with Gasteiger partial charge in [-0.25, -0.2) is 19.8 Å². The van der Waals surface area contributed by atoms with E-state index in [0.717, 1.165) is 29.0 Å². The summed E-state index contributed by atoms with van der Waals surface area (Å²) in [6.07, 6.45) is 7.19. The number of amides is 1. The predicted molar refractivity (Wildman–Crippen MR) is 126 cm³/mol. The number of fused-ring (bicyclic) bond motifs is 1. The van der Waals surface area contributed by atoms with E-state index in [-0.39, 0.29) is 5.56 Å². The largest absolute Gasteiger partial charge is 0.318 e. The van der Waals surface area contributed by atoms with Crippen LogP contribution in [0.1, 0.15) is 15.9 Å². The number of carbonyl (C=O) groups excluding carboxylic acids is 1. The summed E-state index contributed by atoms with van der Waals surface area (Å²) in [5, 5.41) is 2.23. The highest BCUT2D eigenvalue weighted by atomic mass is 35.5. The van der Waals surface area contributed by atoms with Crippen LogP contribution >= 0.6 is 11.6 Å². The summed E-state index contributed by atoms with van der Waals surface area (Å²) in [5.74, 6) is -1.09. The van der Waals surface area contributed by atoms with E-state index < -0.39 is 11.7 Å². The van der Waals surface area contributed by atoms with Crippen molar-refractivity contribution in [1.82, 2.24) is 24.8 Å². The fourth-order valence-corrected chi connectivity index (χ4v) is 3.92. The molecule has 0 saturated carbocycles. The second-order valence-corrected chi connectivity index (χ2v) is 8.17. The predicted octanol–water partition coefficient (Wildman–Crippen LogP) is 4.26. The lowest BCUT2D eigenvalue weighted by Crippen LogP contribution is -2.27. The molecule has 0 spiro atoms. The molecule has 9 heteroatoms. The van der Waals surface area contributed by atoms with Crippen molar-refractivity contribution in [2.24, 2.45) is 0 Å². The van der Waals surface area contributed by atoms with E-state index in [0.29, 0.717) is 16.4 Å². The maximum absolute atomic E-state index is 15.1. The average molecular weight is 463 g/mol. The fourth-order valence-electron chi connectivity index (χ4n) is 3.81. The molecule has 0 bridgehead atoms. The van der Waals surface area contributed by atoms with Gasteiger partial charge < -0.3 is 9.91 Å². The highest BCUT2D eigenvalue weighted by Gasteiger charge is 2.19. The third-order valence-electron chi connectivity index (χ3n) is 5.64. The number of nitrogens with one attached hydrogen (secondary N) is 1. The minimum Gasteiger partial charge on any atom is -0.318 e. The summed E-state index contributed by atoms with van der Waals surface area (Å²) in [5.41, 5.74) is 8.01. The van der Waals surface area contributed by atoms with Crippen LogP contribution in [-0.4, -0.2) is 45.9 Å². The molecule has 0 fully saturated rings. The van der Waals surface area contributed by atoms with Crippen molar-refractivity contribution >= 4 is 34.4 Å². The summed E-state index contributed by atoms with van der Waals surface area (Å²) in [6.45, 7) is 0.730. The van der Waals surface area contributed by atoms with Gasteiger partial charge in [-0.2, -0.15) is 0 Å². The molecule has 1 N–H and O–H groups in total. The molecule has 1 aliphatic heterocycles. The molecule has 7 nitrogen and oxygen atoms in total. The maximum atomic E-state index is 15.1. The van der Waals surface area contributed by atoms with Crippen LogP contribution in [0.2, 0.25) is 5.15 Å². The van der Waals surface area contributed by atoms with Gasteiger partial charge in [-0.1, -0.05) is 17.7 Å². The second kappa shape index (κ2) is 8.31. The zero-order valence-electron chi connectivity index (χ0n) is 18.0. The lowest BCUT2D eigenvalue weighted by Gasteiger charge is -2.17. The third-order valence-corrected chi connectivity index (χ3v) is 5.87. The van der Waals surface area contributed by atoms with E-state index in [4.69, 9.17) is 11.6 Å². The zero-order valence-corrected chi connectivity index (χ0v) is 18.7. The molecule has 5 rings (SSSR count). The minimum atomic E-state index is -0.610. The molecular formula is C24H20ClFN6O. The fraction of sp³-hybridized carbons (Fsp3) is 0.125. The molecule has 0 saturated heterocycles. The molecule has 33 heavy (non-hydrogen) atoms. The first-order valence-corrected chi connectivity index (χ1v) is 10.6. The Morgan fingerprint density at radius 3 is 2.64 bits per heavy atom. The molecule has 0 unspecified atom stereocenters. The number of imidazole rings is 1. The molecule has 0 atom stereocenters. The Balaban J connectivity index is 1.47. The first kappa shape index (κ1) is 21.1. The number of anilines is 1. The first-order chi connectivity index (χ1) is 15.9. The van der Waals surface area contributed by atoms with Gasteiger partial charge in [0, 0.05) is 38.6 Å². The van der Waals surface area contributed by atoms with Gasteiger partial charge >= 0.3 is 0 Å². The van der Waals surface area contributed by atoms with Crippen LogP contribution < -0.4 is 10.3 Å². The Labute approximate surface area is 194 Å². The normalized spacial score (nSPS) is 13.5. The van der Waals surface area contributed by atoms with Crippen molar-refractivity contribution in [2.75, 3.05) is 25.5 Å². The summed E-state index contributed by atoms with van der Waals surface area (Å²) in [4.78, 5) is 22.6. The van der Waals surface area contributed by atoms with Crippen molar-refractivity contribution in [3.05, 3.63) is 89.4 Å². The molecule has 1 aliphatic rings. The number of nitrogens with zero attached hydrogens (tertiary/aromatic N) is 5. The lowest BCUT2D eigenvalue weighted by molar-refractivity contribution is 0.0989. The van der Waals surface area contributed by atoms with Gasteiger partial charge in [0.15, 0.2) is 0 Å². The number of hydrogen-bond acceptors (Lipinski definition) is 5. The van der Waals surface area contributed by atoms with Crippen molar-refractivity contribution < 1.29 is 9.18 Å². The number of pyridine rings is 2. The molecule has 0 aliphatic carbocycles. The van der Waals surface area contributed by atoms with Gasteiger partial charge in [0.05, 0.1) is 29.3 Å². The van der Waals surface area contributed by atoms with Gasteiger partial charge in [-0.15, -0.1) is 0 Å². The number of aromatic nitrogens is 3. The average Bonchev–Trinajstić information content (AvgIpc) is 3.44. The van der Waals surface area contributed by atoms with E-state index in [9.17, 15) is 4.79 Å². The van der Waals surface area contributed by atoms with Crippen LogP contribution in [0.3, 0.4) is 0 Å². The van der Waals surface area contributed by atoms with Crippen LogP contribution in [0.25, 0.3) is 22.5 Å². The highest BCUT2D eigenvalue weighted by Crippen LogP contribution is 2.27. The molecule has 4 heterocycles. The van der Waals surface area contributed by atoms with Gasteiger partial charge in [-0.05, 0) is 47.5 Å². The summed E-state index contributed by atoms with van der Waals surface area (Å²) < 4.78 is 17.0. The van der Waals surface area contributed by atoms with E-state index in [1.807, 2.05) is 41.0 Å². The Morgan fingerprint density at radius 2 is 1.94 bits per heavy atom. The van der Waals surface area contributed by atoms with Crippen molar-refractivity contribution in [1.29, 1.82) is 0 Å². The highest BCUT2D eigenvalue weighted by molar-refractivity contribution is 6.29. The van der Waals surface area contributed by atoms with Crippen LogP contribution in [0.5, 0.6) is 0 Å². The van der Waals surface area contributed by atoms with E-state index in [2.05, 4.69) is 15.4 Å². The molecule has 166 valence electrons. The maximum Gasteiger partial charge on any atom is 0.261 e. The van der Waals surface area contributed by atoms with E-state index in [1.54, 1.807) is 31.4 Å². The minimum absolute atomic E-state index is 0.0315. The van der Waals surface area contributed by atoms with Crippen LogP contribution in [0.4, 0.5) is 10.1 Å². The molecule has 1 amide bonds. The summed E-state index contributed by atoms with van der Waals surface area (Å²) >= 11 is 5.81. The number of carbonyl (C=O) groups is 1. The molecule has 1 aromatic carbocycles. The molecule has 4 aromatic rings. The number of halogens is 2. The first-order valence-electron chi connectivity index (χ1n) is 10.2. The quantitative estimate of drug-likeness (QED) is 0.459. The Bertz CT molecular complexity index is 1400. The monoisotopic (exact) mass is 462 g/mol. The topological polar surface area (TPSA) is 65.8 Å². The molecular weight excluding hydrogens is 443 g/mol. The summed E-state index contributed by atoms with van der Waals surface area (Å²) in [6, 6.07) is 11.8. The number of rotatable bonds is 4. The van der Waals surface area contributed by atoms with Crippen LogP contribution in [-0.2, 0) is 0 Å². The van der Waals surface area contributed by atoms with Crippen LogP contribution in [0, 0.1) is 5.82 Å². The number of hydrazine groups is 1. The molecule has 3 aromatic heterocycles. The van der Waals surface area contributed by atoms with Crippen LogP contribution in [0.15, 0.2) is 67.3 Å². The summed E-state index contributed by atoms with van der Waals surface area (Å²) in [7, 11) is 3.51. The van der Waals surface area contributed by atoms with Gasteiger partial charge in [0.1, 0.15) is 16.6 Å². The van der Waals surface area contributed by atoms with Gasteiger partial charge in [-0.3, -0.25) is 9.20 Å². The van der Waals surface area contributed by atoms with E-state index in [1.165, 1.54) is 23.2 Å². The number of benzene rings is 1. The van der Waals surface area contributed by atoms with Crippen molar-refractivity contribution in [3.63, 3.8) is 0 Å². The second-order valence-electron chi connectivity index (χ2n) is 7.79. The van der Waals surface area contributed by atoms with Gasteiger partial charge in [0.25, 0.3) is 5.91 Å². The lowest BCUT2D eigenvalue weighted by atomic mass is 10.1. The molecule has 0 radical (unpaired) electrons. The number of hydrogen-bond donors (Lipinski definition) is 1. The Kier molecular flexibility index (Phi) is 5.32. The zero-order chi connectivity index (χ0) is 23.1. The SMILES string of the molecule is CN1C=C(c2ccc3ncc(-c4ccc(C(=O)N(C)c5ccc(Cl)nc5)c(F)c4)n3c2)CN1. The smallest absolute Gasteiger partial charge is 0.261 e. The van der Waals surface area contributed by atoms with E-state index >= 15 is 4.39 Å². The van der Waals surface area contributed by atoms with Crippen molar-refractivity contribution in [3.8, 4) is 11.3 Å². The Morgan fingerprint density at radius 1 is 1.12 bits per heavy atom. The Hall–Kier alpha value is -3.75. The standard InChI is InChI=1S/C24H20ClFN6O/c1-30-13-17(10-29-30)16-4-8-23-28-12-21(32(23)14-16)15-3-6-19(20(26)9-15)24(33)31(2)18-5-7-22(25)27-11-18/h3-9,11-14,29H,10H2,1-2H3. The third kappa shape index (κ3) is 3.94. The van der Waals surface area contributed by atoms with Crippen molar-refractivity contribution in [2.45, 2.75) is 0 Å².